The molecule has 5 nitrogen and oxygen atoms in total. The highest BCUT2D eigenvalue weighted by Gasteiger charge is 2.38. The van der Waals surface area contributed by atoms with Crippen LogP contribution in [-0.4, -0.2) is 36.6 Å². The molecule has 2 aliphatic rings. The number of carbonyl (C=O) groups excluding carboxylic acids is 1. The first-order chi connectivity index (χ1) is 12.7. The summed E-state index contributed by atoms with van der Waals surface area (Å²) in [6, 6.07) is 4.38. The molecule has 6 heteroatoms. The van der Waals surface area contributed by atoms with Gasteiger partial charge in [-0.1, -0.05) is 18.9 Å². The van der Waals surface area contributed by atoms with Crippen molar-refractivity contribution in [2.24, 2.45) is 5.92 Å². The van der Waals surface area contributed by atoms with Gasteiger partial charge in [-0.05, 0) is 50.1 Å². The Morgan fingerprint density at radius 2 is 2.23 bits per heavy atom. The molecule has 1 amide bonds. The number of hydrogen-bond acceptors (Lipinski definition) is 5. The zero-order valence-electron chi connectivity index (χ0n) is 15.4. The van der Waals surface area contributed by atoms with E-state index < -0.39 is 6.29 Å². The summed E-state index contributed by atoms with van der Waals surface area (Å²) in [5.41, 5.74) is 0. The van der Waals surface area contributed by atoms with E-state index in [2.05, 4.69) is 16.8 Å². The Kier molecular flexibility index (Phi) is 7.11. The van der Waals surface area contributed by atoms with Crippen LogP contribution in [0.3, 0.4) is 0 Å². The molecule has 0 spiro atoms. The number of ether oxygens (including phenoxy) is 2. The minimum absolute atomic E-state index is 0.0659. The standard InChI is InChI=1S/C20H29NO4S/c1-2-24-20-15(9-5-11-22)16(18-10-6-12-26-18)13-17(25-20)19(23)21-14-7-3-4-8-14/h6,10,12-16,20,22H,2-5,7-9,11H2,1H3,(H,21,23)/t15-,16+,20-/m0/s1. The molecule has 3 atom stereocenters. The van der Waals surface area contributed by atoms with Gasteiger partial charge in [0.2, 0.25) is 6.29 Å². The number of rotatable bonds is 8. The van der Waals surface area contributed by atoms with E-state index in [9.17, 15) is 9.90 Å². The lowest BCUT2D eigenvalue weighted by Crippen LogP contribution is -2.41. The number of aliphatic hydroxyl groups excluding tert-OH is 1. The highest BCUT2D eigenvalue weighted by molar-refractivity contribution is 7.10. The van der Waals surface area contributed by atoms with Crippen molar-refractivity contribution in [1.29, 1.82) is 0 Å². The van der Waals surface area contributed by atoms with Crippen LogP contribution < -0.4 is 5.32 Å². The summed E-state index contributed by atoms with van der Waals surface area (Å²) in [6.45, 7) is 2.60. The third-order valence-electron chi connectivity index (χ3n) is 5.20. The second-order valence-electron chi connectivity index (χ2n) is 7.00. The third-order valence-corrected chi connectivity index (χ3v) is 6.17. The van der Waals surface area contributed by atoms with E-state index >= 15 is 0 Å². The smallest absolute Gasteiger partial charge is 0.286 e. The third kappa shape index (κ3) is 4.67. The predicted molar refractivity (Wildman–Crippen MR) is 102 cm³/mol. The summed E-state index contributed by atoms with van der Waals surface area (Å²) in [6.07, 6.45) is 7.40. The molecule has 1 saturated carbocycles. The molecular formula is C20H29NO4S. The van der Waals surface area contributed by atoms with Crippen LogP contribution in [-0.2, 0) is 14.3 Å². The van der Waals surface area contributed by atoms with Gasteiger partial charge in [-0.25, -0.2) is 0 Å². The van der Waals surface area contributed by atoms with Crippen LogP contribution in [0.15, 0.2) is 29.3 Å². The molecule has 0 radical (unpaired) electrons. The zero-order chi connectivity index (χ0) is 18.4. The van der Waals surface area contributed by atoms with Gasteiger partial charge >= 0.3 is 0 Å². The molecule has 1 fully saturated rings. The Labute approximate surface area is 159 Å². The number of thiophene rings is 1. The largest absolute Gasteiger partial charge is 0.459 e. The summed E-state index contributed by atoms with van der Waals surface area (Å²) in [7, 11) is 0. The molecule has 1 aliphatic carbocycles. The van der Waals surface area contributed by atoms with E-state index in [0.717, 1.165) is 19.3 Å². The molecule has 0 unspecified atom stereocenters. The molecule has 0 aromatic carbocycles. The number of nitrogens with one attached hydrogen (secondary N) is 1. The van der Waals surface area contributed by atoms with Crippen molar-refractivity contribution in [1.82, 2.24) is 5.32 Å². The summed E-state index contributed by atoms with van der Waals surface area (Å²) < 4.78 is 11.8. The van der Waals surface area contributed by atoms with Crippen LogP contribution in [0.2, 0.25) is 0 Å². The van der Waals surface area contributed by atoms with Gasteiger partial charge in [0, 0.05) is 36.0 Å². The normalized spacial score (nSPS) is 26.4. The van der Waals surface area contributed by atoms with Crippen molar-refractivity contribution in [2.45, 2.75) is 63.7 Å². The molecule has 2 heterocycles. The first-order valence-electron chi connectivity index (χ1n) is 9.68. The lowest BCUT2D eigenvalue weighted by atomic mass is 9.84. The number of allylic oxidation sites excluding steroid dienone is 1. The molecule has 26 heavy (non-hydrogen) atoms. The SMILES string of the molecule is CCO[C@H]1OC(C(=O)NC2CCCC2)=C[C@@H](c2cccs2)[C@@H]1CCCO. The number of carbonyl (C=O) groups is 1. The van der Waals surface area contributed by atoms with Gasteiger partial charge in [-0.15, -0.1) is 11.3 Å². The number of hydrogen-bond donors (Lipinski definition) is 2. The Bertz CT molecular complexity index is 595. The van der Waals surface area contributed by atoms with Crippen LogP contribution >= 0.6 is 11.3 Å². The molecule has 0 bridgehead atoms. The molecule has 2 N–H and O–H groups in total. The monoisotopic (exact) mass is 379 g/mol. The fraction of sp³-hybridized carbons (Fsp3) is 0.650. The quantitative estimate of drug-likeness (QED) is 0.725. The van der Waals surface area contributed by atoms with E-state index in [1.54, 1.807) is 11.3 Å². The van der Waals surface area contributed by atoms with Crippen molar-refractivity contribution >= 4 is 17.2 Å². The molecule has 1 aromatic heterocycles. The maximum Gasteiger partial charge on any atom is 0.286 e. The Morgan fingerprint density at radius 3 is 2.88 bits per heavy atom. The van der Waals surface area contributed by atoms with E-state index in [0.29, 0.717) is 18.8 Å². The van der Waals surface area contributed by atoms with E-state index in [-0.39, 0.29) is 30.4 Å². The van der Waals surface area contributed by atoms with Gasteiger partial charge in [0.25, 0.3) is 5.91 Å². The molecular weight excluding hydrogens is 350 g/mol. The van der Waals surface area contributed by atoms with Crippen molar-refractivity contribution in [2.75, 3.05) is 13.2 Å². The maximum absolute atomic E-state index is 12.7. The van der Waals surface area contributed by atoms with E-state index in [4.69, 9.17) is 9.47 Å². The highest BCUT2D eigenvalue weighted by Crippen LogP contribution is 2.41. The predicted octanol–water partition coefficient (Wildman–Crippen LogP) is 3.56. The molecule has 0 saturated heterocycles. The van der Waals surface area contributed by atoms with Gasteiger partial charge in [0.1, 0.15) is 0 Å². The topological polar surface area (TPSA) is 67.8 Å². The Hall–Kier alpha value is -1.37. The minimum atomic E-state index is -0.465. The van der Waals surface area contributed by atoms with Crippen molar-refractivity contribution in [3.8, 4) is 0 Å². The van der Waals surface area contributed by atoms with Crippen molar-refractivity contribution < 1.29 is 19.4 Å². The molecule has 1 aromatic rings. The lowest BCUT2D eigenvalue weighted by molar-refractivity contribution is -0.166. The van der Waals surface area contributed by atoms with Crippen molar-refractivity contribution in [3.63, 3.8) is 0 Å². The van der Waals surface area contributed by atoms with Gasteiger partial charge in [0.15, 0.2) is 5.76 Å². The summed E-state index contributed by atoms with van der Waals surface area (Å²) in [4.78, 5) is 13.9. The average Bonchev–Trinajstić information content (AvgIpc) is 3.34. The number of amides is 1. The van der Waals surface area contributed by atoms with Crippen LogP contribution in [0.5, 0.6) is 0 Å². The van der Waals surface area contributed by atoms with Crippen LogP contribution in [0.1, 0.15) is 56.2 Å². The maximum atomic E-state index is 12.7. The van der Waals surface area contributed by atoms with Gasteiger partial charge < -0.3 is 19.9 Å². The lowest BCUT2D eigenvalue weighted by Gasteiger charge is -2.36. The second-order valence-corrected chi connectivity index (χ2v) is 7.98. The first-order valence-corrected chi connectivity index (χ1v) is 10.6. The van der Waals surface area contributed by atoms with Gasteiger partial charge in [-0.3, -0.25) is 4.79 Å². The second kappa shape index (κ2) is 9.53. The van der Waals surface area contributed by atoms with Gasteiger partial charge in [-0.2, -0.15) is 0 Å². The van der Waals surface area contributed by atoms with Crippen LogP contribution in [0.4, 0.5) is 0 Å². The molecule has 144 valence electrons. The van der Waals surface area contributed by atoms with Crippen LogP contribution in [0, 0.1) is 5.92 Å². The van der Waals surface area contributed by atoms with Crippen LogP contribution in [0.25, 0.3) is 0 Å². The summed E-state index contributed by atoms with van der Waals surface area (Å²) in [5, 5.41) is 14.4. The fourth-order valence-electron chi connectivity index (χ4n) is 3.90. The summed E-state index contributed by atoms with van der Waals surface area (Å²) in [5.74, 6) is 0.387. The highest BCUT2D eigenvalue weighted by atomic mass is 32.1. The Balaban J connectivity index is 1.82. The molecule has 3 rings (SSSR count). The summed E-state index contributed by atoms with van der Waals surface area (Å²) >= 11 is 1.68. The van der Waals surface area contributed by atoms with E-state index in [1.807, 2.05) is 19.1 Å². The minimum Gasteiger partial charge on any atom is -0.459 e. The number of aliphatic hydroxyl groups is 1. The molecule has 1 aliphatic heterocycles. The Morgan fingerprint density at radius 1 is 1.42 bits per heavy atom. The zero-order valence-corrected chi connectivity index (χ0v) is 16.2. The van der Waals surface area contributed by atoms with E-state index in [1.165, 1.54) is 17.7 Å². The average molecular weight is 380 g/mol. The fourth-order valence-corrected chi connectivity index (χ4v) is 4.77. The van der Waals surface area contributed by atoms with Crippen molar-refractivity contribution in [3.05, 3.63) is 34.2 Å². The first kappa shape index (κ1) is 19.4. The van der Waals surface area contributed by atoms with Gasteiger partial charge in [0.05, 0.1) is 0 Å².